The third kappa shape index (κ3) is 4.03. The summed E-state index contributed by atoms with van der Waals surface area (Å²) in [5.74, 6) is 0.760. The number of hydrogen-bond donors (Lipinski definition) is 1. The fourth-order valence-electron chi connectivity index (χ4n) is 3.79. The molecule has 2 aliphatic rings. The molecule has 7 heteroatoms. The summed E-state index contributed by atoms with van der Waals surface area (Å²) in [6, 6.07) is 9.96. The molecule has 1 aromatic carbocycles. The van der Waals surface area contributed by atoms with Crippen LogP contribution >= 0.6 is 11.6 Å². The topological polar surface area (TPSA) is 67.6 Å². The first-order chi connectivity index (χ1) is 13.0. The van der Waals surface area contributed by atoms with Gasteiger partial charge in [0.25, 0.3) is 5.91 Å². The monoisotopic (exact) mass is 389 g/mol. The summed E-state index contributed by atoms with van der Waals surface area (Å²) in [4.78, 5) is 14.9. The van der Waals surface area contributed by atoms with E-state index >= 15 is 0 Å². The first kappa shape index (κ1) is 18.5. The highest BCUT2D eigenvalue weighted by Gasteiger charge is 2.38. The zero-order chi connectivity index (χ0) is 19.0. The maximum Gasteiger partial charge on any atom is 0.273 e. The van der Waals surface area contributed by atoms with Crippen LogP contribution in [0.4, 0.5) is 0 Å². The molecule has 0 saturated carbocycles. The summed E-state index contributed by atoms with van der Waals surface area (Å²) in [5, 5.41) is 7.71. The summed E-state index contributed by atoms with van der Waals surface area (Å²) in [6.45, 7) is 6.32. The molecule has 2 fully saturated rings. The van der Waals surface area contributed by atoms with Gasteiger partial charge in [-0.25, -0.2) is 0 Å². The van der Waals surface area contributed by atoms with E-state index in [1.54, 1.807) is 6.07 Å². The third-order valence-electron chi connectivity index (χ3n) is 5.33. The lowest BCUT2D eigenvalue weighted by Crippen LogP contribution is -2.43. The Morgan fingerprint density at radius 1 is 1.30 bits per heavy atom. The minimum absolute atomic E-state index is 0.0390. The zero-order valence-electron chi connectivity index (χ0n) is 15.5. The van der Waals surface area contributed by atoms with Crippen LogP contribution < -0.4 is 5.32 Å². The van der Waals surface area contributed by atoms with Crippen LogP contribution in [0.2, 0.25) is 5.02 Å². The minimum atomic E-state index is -0.175. The molecule has 0 bridgehead atoms. The van der Waals surface area contributed by atoms with Crippen LogP contribution in [0.25, 0.3) is 0 Å². The molecular weight excluding hydrogens is 366 g/mol. The predicted octanol–water partition coefficient (Wildman–Crippen LogP) is 3.40. The van der Waals surface area contributed by atoms with Crippen LogP contribution in [0.1, 0.15) is 54.1 Å². The fraction of sp³-hybridized carbons (Fsp3) is 0.500. The quantitative estimate of drug-likeness (QED) is 0.868. The number of ether oxygens (including phenoxy) is 1. The number of nitrogens with one attached hydrogen (secondary N) is 1. The number of aromatic nitrogens is 1. The molecule has 2 aliphatic heterocycles. The number of amides is 1. The molecule has 2 saturated heterocycles. The Kier molecular flexibility index (Phi) is 5.21. The van der Waals surface area contributed by atoms with Gasteiger partial charge < -0.3 is 14.6 Å². The Labute approximate surface area is 163 Å². The van der Waals surface area contributed by atoms with Crippen LogP contribution in [0, 0.1) is 0 Å². The highest BCUT2D eigenvalue weighted by Crippen LogP contribution is 2.31. The molecule has 1 N–H and O–H groups in total. The predicted molar refractivity (Wildman–Crippen MR) is 102 cm³/mol. The molecule has 144 valence electrons. The number of nitrogens with zero attached hydrogens (tertiary/aromatic N) is 2. The van der Waals surface area contributed by atoms with Crippen molar-refractivity contribution in [3.05, 3.63) is 52.4 Å². The molecule has 3 heterocycles. The van der Waals surface area contributed by atoms with Gasteiger partial charge in [-0.2, -0.15) is 0 Å². The van der Waals surface area contributed by atoms with E-state index in [4.69, 9.17) is 20.9 Å². The maximum absolute atomic E-state index is 12.5. The number of carbonyl (C=O) groups is 1. The van der Waals surface area contributed by atoms with Gasteiger partial charge in [-0.3, -0.25) is 9.69 Å². The second-order valence-electron chi connectivity index (χ2n) is 7.66. The van der Waals surface area contributed by atoms with Crippen molar-refractivity contribution in [2.45, 2.75) is 44.4 Å². The van der Waals surface area contributed by atoms with Crippen molar-refractivity contribution in [3.63, 3.8) is 0 Å². The number of benzene rings is 1. The molecule has 0 spiro atoms. The highest BCUT2D eigenvalue weighted by molar-refractivity contribution is 6.30. The van der Waals surface area contributed by atoms with Crippen LogP contribution in [0.15, 0.2) is 34.9 Å². The Morgan fingerprint density at radius 3 is 2.78 bits per heavy atom. The van der Waals surface area contributed by atoms with Crippen molar-refractivity contribution in [2.75, 3.05) is 19.7 Å². The molecule has 2 aromatic rings. The van der Waals surface area contributed by atoms with Crippen LogP contribution in [-0.4, -0.2) is 47.7 Å². The molecule has 4 rings (SSSR count). The normalized spacial score (nSPS) is 25.6. The third-order valence-corrected chi connectivity index (χ3v) is 5.58. The van der Waals surface area contributed by atoms with E-state index in [1.807, 2.05) is 38.1 Å². The number of morpholine rings is 1. The molecule has 6 nitrogen and oxygen atoms in total. The van der Waals surface area contributed by atoms with Gasteiger partial charge in [-0.05, 0) is 24.1 Å². The van der Waals surface area contributed by atoms with Crippen LogP contribution in [-0.2, 0) is 4.74 Å². The van der Waals surface area contributed by atoms with E-state index in [0.717, 1.165) is 35.9 Å². The van der Waals surface area contributed by atoms with E-state index in [2.05, 4.69) is 15.4 Å². The van der Waals surface area contributed by atoms with Gasteiger partial charge in [0, 0.05) is 42.2 Å². The van der Waals surface area contributed by atoms with Gasteiger partial charge in [-0.15, -0.1) is 0 Å². The van der Waals surface area contributed by atoms with Gasteiger partial charge in [-0.1, -0.05) is 42.7 Å². The van der Waals surface area contributed by atoms with Crippen LogP contribution in [0.5, 0.6) is 0 Å². The Bertz CT molecular complexity index is 805. The Morgan fingerprint density at radius 2 is 2.07 bits per heavy atom. The lowest BCUT2D eigenvalue weighted by atomic mass is 10.1. The first-order valence-corrected chi connectivity index (χ1v) is 9.76. The maximum atomic E-state index is 12.5. The lowest BCUT2D eigenvalue weighted by molar-refractivity contribution is -0.0502. The number of hydrogen-bond acceptors (Lipinski definition) is 5. The number of carbonyl (C=O) groups excluding carboxylic acids is 1. The second kappa shape index (κ2) is 7.62. The fourth-order valence-corrected chi connectivity index (χ4v) is 3.91. The van der Waals surface area contributed by atoms with E-state index < -0.39 is 0 Å². The molecule has 1 aromatic heterocycles. The molecule has 27 heavy (non-hydrogen) atoms. The summed E-state index contributed by atoms with van der Waals surface area (Å²) >= 11 is 5.97. The first-order valence-electron chi connectivity index (χ1n) is 9.38. The Balaban J connectivity index is 1.35. The van der Waals surface area contributed by atoms with E-state index in [0.29, 0.717) is 18.3 Å². The average Bonchev–Trinajstić information content (AvgIpc) is 3.28. The summed E-state index contributed by atoms with van der Waals surface area (Å²) in [5.41, 5.74) is 1.48. The molecule has 0 aliphatic carbocycles. The summed E-state index contributed by atoms with van der Waals surface area (Å²) in [6.07, 6.45) is 0.922. The van der Waals surface area contributed by atoms with Gasteiger partial charge in [0.05, 0.1) is 12.7 Å². The highest BCUT2D eigenvalue weighted by atomic mass is 35.5. The minimum Gasteiger partial charge on any atom is -0.371 e. The van der Waals surface area contributed by atoms with E-state index in [-0.39, 0.29) is 24.0 Å². The number of fused-ring (bicyclic) bond motifs is 1. The average molecular weight is 390 g/mol. The summed E-state index contributed by atoms with van der Waals surface area (Å²) in [7, 11) is 0. The molecule has 1 amide bonds. The lowest BCUT2D eigenvalue weighted by Gasteiger charge is -2.35. The van der Waals surface area contributed by atoms with Crippen molar-refractivity contribution in [2.24, 2.45) is 0 Å². The summed E-state index contributed by atoms with van der Waals surface area (Å²) < 4.78 is 11.3. The van der Waals surface area contributed by atoms with Gasteiger partial charge in [0.15, 0.2) is 5.69 Å². The molecule has 0 unspecified atom stereocenters. The van der Waals surface area contributed by atoms with Gasteiger partial charge >= 0.3 is 0 Å². The molecule has 0 radical (unpaired) electrons. The number of rotatable bonds is 4. The van der Waals surface area contributed by atoms with Crippen molar-refractivity contribution < 1.29 is 14.1 Å². The molecular formula is C20H24ClN3O3. The zero-order valence-corrected chi connectivity index (χ0v) is 16.3. The van der Waals surface area contributed by atoms with E-state index in [9.17, 15) is 4.79 Å². The largest absolute Gasteiger partial charge is 0.371 e. The van der Waals surface area contributed by atoms with E-state index in [1.165, 1.54) is 0 Å². The Hall–Kier alpha value is -1.89. The smallest absolute Gasteiger partial charge is 0.273 e. The van der Waals surface area contributed by atoms with Crippen molar-refractivity contribution >= 4 is 17.5 Å². The van der Waals surface area contributed by atoms with Crippen molar-refractivity contribution in [3.8, 4) is 0 Å². The standard InChI is InChI=1S/C20H24ClN3O3/c1-12(2)18-8-17(23-27-18)20(25)22-15-7-16-11-26-19(10-24(16)9-15)13-3-5-14(21)6-4-13/h3-6,8,12,15-16,19H,7,9-11H2,1-2H3,(H,22,25)/t15-,16+,19-/m1/s1. The van der Waals surface area contributed by atoms with Gasteiger partial charge in [0.1, 0.15) is 5.76 Å². The SMILES string of the molecule is CC(C)c1cc(C(=O)N[C@@H]2C[C@H]3CO[C@@H](c4ccc(Cl)cc4)CN3C2)no1. The second-order valence-corrected chi connectivity index (χ2v) is 8.09. The number of halogens is 1. The van der Waals surface area contributed by atoms with Crippen molar-refractivity contribution in [1.82, 2.24) is 15.4 Å². The van der Waals surface area contributed by atoms with Gasteiger partial charge in [0.2, 0.25) is 0 Å². The van der Waals surface area contributed by atoms with Crippen LogP contribution in [0.3, 0.4) is 0 Å². The molecule has 3 atom stereocenters. The van der Waals surface area contributed by atoms with Crippen molar-refractivity contribution in [1.29, 1.82) is 0 Å².